The Bertz CT molecular complexity index is 427. The molecule has 1 aliphatic heterocycles. The monoisotopic (exact) mass is 266 g/mol. The third-order valence-electron chi connectivity index (χ3n) is 3.38. The van der Waals surface area contributed by atoms with E-state index in [4.69, 9.17) is 10.6 Å². The first kappa shape index (κ1) is 13.8. The van der Waals surface area contributed by atoms with Crippen LogP contribution >= 0.6 is 0 Å². The summed E-state index contributed by atoms with van der Waals surface area (Å²) in [5.74, 6) is 7.00. The Morgan fingerprint density at radius 3 is 2.79 bits per heavy atom. The average Bonchev–Trinajstić information content (AvgIpc) is 2.41. The van der Waals surface area contributed by atoms with Gasteiger partial charge in [-0.3, -0.25) is 5.43 Å². The number of hydrogen-bond donors (Lipinski definition) is 2. The van der Waals surface area contributed by atoms with E-state index in [-0.39, 0.29) is 0 Å². The summed E-state index contributed by atoms with van der Waals surface area (Å²) in [6, 6.07) is 0.726. The Labute approximate surface area is 113 Å². The third-order valence-corrected chi connectivity index (χ3v) is 3.38. The molecule has 0 saturated carbocycles. The van der Waals surface area contributed by atoms with Crippen molar-refractivity contribution in [3.05, 3.63) is 0 Å². The van der Waals surface area contributed by atoms with Gasteiger partial charge in [0.05, 0.1) is 6.61 Å². The lowest BCUT2D eigenvalue weighted by atomic mass is 9.95. The van der Waals surface area contributed by atoms with E-state index >= 15 is 0 Å². The molecule has 0 aromatic carbocycles. The van der Waals surface area contributed by atoms with E-state index < -0.39 is 0 Å². The predicted octanol–water partition coefficient (Wildman–Crippen LogP) is 1.18. The highest BCUT2D eigenvalue weighted by Gasteiger charge is 2.26. The lowest BCUT2D eigenvalue weighted by Crippen LogP contribution is -2.42. The van der Waals surface area contributed by atoms with Crippen molar-refractivity contribution < 1.29 is 4.74 Å². The maximum absolute atomic E-state index is 5.40. The Balaban J connectivity index is 2.28. The number of hydrogen-bond acceptors (Lipinski definition) is 7. The van der Waals surface area contributed by atoms with E-state index in [9.17, 15) is 0 Å². The fourth-order valence-corrected chi connectivity index (χ4v) is 2.30. The average molecular weight is 266 g/mol. The van der Waals surface area contributed by atoms with Crippen molar-refractivity contribution >= 4 is 11.9 Å². The van der Waals surface area contributed by atoms with Crippen LogP contribution in [0.4, 0.5) is 11.9 Å². The number of piperidine rings is 1. The Hall–Kier alpha value is -1.63. The molecule has 19 heavy (non-hydrogen) atoms. The second-order valence-electron chi connectivity index (χ2n) is 5.00. The second-order valence-corrected chi connectivity index (χ2v) is 5.00. The fourth-order valence-electron chi connectivity index (χ4n) is 2.30. The fraction of sp³-hybridized carbons (Fsp3) is 0.750. The first-order valence-electron chi connectivity index (χ1n) is 6.76. The summed E-state index contributed by atoms with van der Waals surface area (Å²) in [6.45, 7) is 7.78. The topological polar surface area (TPSA) is 89.2 Å². The van der Waals surface area contributed by atoms with E-state index in [0.29, 0.717) is 36.5 Å². The van der Waals surface area contributed by atoms with Crippen molar-refractivity contribution in [3.63, 3.8) is 0 Å². The highest BCUT2D eigenvalue weighted by molar-refractivity contribution is 5.39. The van der Waals surface area contributed by atoms with Crippen molar-refractivity contribution in [1.82, 2.24) is 15.0 Å². The van der Waals surface area contributed by atoms with Gasteiger partial charge < -0.3 is 9.64 Å². The lowest BCUT2D eigenvalue weighted by molar-refractivity contribution is 0.310. The van der Waals surface area contributed by atoms with E-state index in [1.165, 1.54) is 6.42 Å². The van der Waals surface area contributed by atoms with Gasteiger partial charge >= 0.3 is 6.01 Å². The molecule has 0 amide bonds. The SMILES string of the molecule is CCOc1nc(NN)nc(N2CC(C)CCC2C)n1. The highest BCUT2D eigenvalue weighted by Crippen LogP contribution is 2.26. The van der Waals surface area contributed by atoms with Crippen molar-refractivity contribution in [1.29, 1.82) is 0 Å². The maximum Gasteiger partial charge on any atom is 0.323 e. The minimum absolute atomic E-state index is 0.311. The van der Waals surface area contributed by atoms with Gasteiger partial charge in [0.15, 0.2) is 0 Å². The van der Waals surface area contributed by atoms with Crippen LogP contribution in [0.25, 0.3) is 0 Å². The smallest absolute Gasteiger partial charge is 0.323 e. The first-order chi connectivity index (χ1) is 9.13. The third kappa shape index (κ3) is 3.23. The van der Waals surface area contributed by atoms with Gasteiger partial charge in [-0.25, -0.2) is 5.84 Å². The van der Waals surface area contributed by atoms with Crippen LogP contribution in [-0.4, -0.2) is 34.1 Å². The molecule has 2 atom stereocenters. The van der Waals surface area contributed by atoms with Crippen molar-refractivity contribution in [3.8, 4) is 6.01 Å². The molecule has 106 valence electrons. The minimum Gasteiger partial charge on any atom is -0.464 e. The van der Waals surface area contributed by atoms with E-state index in [1.54, 1.807) is 0 Å². The Kier molecular flexibility index (Phi) is 4.36. The largest absolute Gasteiger partial charge is 0.464 e. The number of ether oxygens (including phenoxy) is 1. The zero-order valence-corrected chi connectivity index (χ0v) is 11.8. The molecule has 1 aromatic rings. The molecule has 0 bridgehead atoms. The molecule has 2 unspecified atom stereocenters. The van der Waals surface area contributed by atoms with Crippen LogP contribution < -0.4 is 20.9 Å². The van der Waals surface area contributed by atoms with Crippen LogP contribution in [0.3, 0.4) is 0 Å². The summed E-state index contributed by atoms with van der Waals surface area (Å²) >= 11 is 0. The molecule has 1 aliphatic rings. The number of nitrogens with zero attached hydrogens (tertiary/aromatic N) is 4. The molecule has 1 fully saturated rings. The summed E-state index contributed by atoms with van der Waals surface area (Å²) < 4.78 is 5.36. The van der Waals surface area contributed by atoms with Crippen LogP contribution in [0.5, 0.6) is 6.01 Å². The van der Waals surface area contributed by atoms with Gasteiger partial charge in [0.1, 0.15) is 0 Å². The quantitative estimate of drug-likeness (QED) is 0.624. The number of hydrazine groups is 1. The molecule has 7 nitrogen and oxygen atoms in total. The van der Waals surface area contributed by atoms with Gasteiger partial charge in [-0.15, -0.1) is 0 Å². The van der Waals surface area contributed by atoms with E-state index in [2.05, 4.69) is 39.1 Å². The molecule has 0 aliphatic carbocycles. The molecular weight excluding hydrogens is 244 g/mol. The summed E-state index contributed by atoms with van der Waals surface area (Å²) in [4.78, 5) is 15.0. The predicted molar refractivity (Wildman–Crippen MR) is 74.0 cm³/mol. The van der Waals surface area contributed by atoms with Crippen molar-refractivity contribution in [2.75, 3.05) is 23.5 Å². The Morgan fingerprint density at radius 2 is 2.11 bits per heavy atom. The van der Waals surface area contributed by atoms with Crippen molar-refractivity contribution in [2.45, 2.75) is 39.7 Å². The molecule has 1 saturated heterocycles. The van der Waals surface area contributed by atoms with Gasteiger partial charge in [-0.1, -0.05) is 6.92 Å². The molecule has 1 aromatic heterocycles. The van der Waals surface area contributed by atoms with Gasteiger partial charge in [0, 0.05) is 12.6 Å². The van der Waals surface area contributed by atoms with E-state index in [1.807, 2.05) is 6.92 Å². The number of nitrogens with one attached hydrogen (secondary N) is 1. The minimum atomic E-state index is 0.311. The highest BCUT2D eigenvalue weighted by atomic mass is 16.5. The van der Waals surface area contributed by atoms with Crippen LogP contribution in [0, 0.1) is 5.92 Å². The number of anilines is 2. The van der Waals surface area contributed by atoms with Crippen LogP contribution in [-0.2, 0) is 0 Å². The van der Waals surface area contributed by atoms with Crippen LogP contribution in [0.15, 0.2) is 0 Å². The molecule has 3 N–H and O–H groups in total. The molecule has 0 radical (unpaired) electrons. The zero-order chi connectivity index (χ0) is 13.8. The number of aromatic nitrogens is 3. The molecule has 0 spiro atoms. The second kappa shape index (κ2) is 6.01. The summed E-state index contributed by atoms with van der Waals surface area (Å²) in [5, 5.41) is 0. The van der Waals surface area contributed by atoms with Crippen LogP contribution in [0.2, 0.25) is 0 Å². The summed E-state index contributed by atoms with van der Waals surface area (Å²) in [7, 11) is 0. The van der Waals surface area contributed by atoms with E-state index in [0.717, 1.165) is 13.0 Å². The Morgan fingerprint density at radius 1 is 1.32 bits per heavy atom. The van der Waals surface area contributed by atoms with Gasteiger partial charge in [-0.05, 0) is 32.6 Å². The first-order valence-corrected chi connectivity index (χ1v) is 6.76. The summed E-state index contributed by atoms with van der Waals surface area (Å²) in [5.41, 5.74) is 2.46. The lowest BCUT2D eigenvalue weighted by Gasteiger charge is -2.36. The number of nitrogen functional groups attached to an aromatic ring is 1. The zero-order valence-electron chi connectivity index (χ0n) is 11.8. The van der Waals surface area contributed by atoms with Gasteiger partial charge in [0.25, 0.3) is 0 Å². The number of rotatable bonds is 4. The standard InChI is InChI=1S/C12H22N6O/c1-4-19-12-15-10(17-13)14-11(16-12)18-7-8(2)5-6-9(18)3/h8-9H,4-7,13H2,1-3H3,(H,14,15,16,17). The molecule has 7 heteroatoms. The van der Waals surface area contributed by atoms with Crippen LogP contribution in [0.1, 0.15) is 33.6 Å². The van der Waals surface area contributed by atoms with Gasteiger partial charge in [-0.2, -0.15) is 15.0 Å². The molecule has 2 rings (SSSR count). The summed E-state index contributed by atoms with van der Waals surface area (Å²) in [6.07, 6.45) is 2.38. The van der Waals surface area contributed by atoms with Crippen molar-refractivity contribution in [2.24, 2.45) is 11.8 Å². The molecule has 2 heterocycles. The normalized spacial score (nSPS) is 23.3. The van der Waals surface area contributed by atoms with Gasteiger partial charge in [0.2, 0.25) is 11.9 Å². The number of nitrogens with two attached hydrogens (primary N) is 1. The molecular formula is C12H22N6O. The maximum atomic E-state index is 5.40.